The summed E-state index contributed by atoms with van der Waals surface area (Å²) in [6.07, 6.45) is 1.59. The number of aryl methyl sites for hydroxylation is 1. The lowest BCUT2D eigenvalue weighted by atomic mass is 9.93. The number of ether oxygens (including phenoxy) is 2. The molecule has 0 spiro atoms. The third kappa shape index (κ3) is 3.23. The van der Waals surface area contributed by atoms with Crippen LogP contribution in [-0.2, 0) is 15.3 Å². The predicted molar refractivity (Wildman–Crippen MR) is 76.9 cm³/mol. The second kappa shape index (κ2) is 6.51. The molecule has 1 aliphatic heterocycles. The van der Waals surface area contributed by atoms with E-state index in [0.717, 1.165) is 18.4 Å². The van der Waals surface area contributed by atoms with Gasteiger partial charge in [0.2, 0.25) is 5.79 Å². The zero-order valence-corrected chi connectivity index (χ0v) is 12.4. The van der Waals surface area contributed by atoms with E-state index in [-0.39, 0.29) is 18.9 Å². The number of benzene rings is 1. The fourth-order valence-corrected chi connectivity index (χ4v) is 2.67. The van der Waals surface area contributed by atoms with Crippen molar-refractivity contribution in [2.45, 2.75) is 45.0 Å². The zero-order valence-electron chi connectivity index (χ0n) is 12.4. The minimum atomic E-state index is -1.14. The minimum Gasteiger partial charge on any atom is -0.388 e. The fourth-order valence-electron chi connectivity index (χ4n) is 2.67. The third-order valence-corrected chi connectivity index (χ3v) is 3.71. The molecule has 1 N–H and O–H groups in total. The normalized spacial score (nSPS) is 25.8. The van der Waals surface area contributed by atoms with Gasteiger partial charge in [-0.2, -0.15) is 0 Å². The van der Waals surface area contributed by atoms with Crippen LogP contribution in [0.15, 0.2) is 18.2 Å². The van der Waals surface area contributed by atoms with Crippen molar-refractivity contribution in [2.24, 2.45) is 0 Å². The smallest absolute Gasteiger partial charge is 0.278 e. The highest BCUT2D eigenvalue weighted by Gasteiger charge is 2.44. The molecule has 0 aromatic heterocycles. The molecule has 6 nitrogen and oxygen atoms in total. The van der Waals surface area contributed by atoms with Gasteiger partial charge in [0, 0.05) is 12.5 Å². The third-order valence-electron chi connectivity index (χ3n) is 3.71. The van der Waals surface area contributed by atoms with Gasteiger partial charge < -0.3 is 14.6 Å². The standard InChI is InChI=1S/C15H21NO5/c1-3-4-8-15(20-9-12(17)10-21-15)14-11(2)6-5-7-13(14)16(18)19/h5-7,12,17H,3-4,8-10H2,1-2H3. The van der Waals surface area contributed by atoms with Crippen molar-refractivity contribution in [3.63, 3.8) is 0 Å². The molecule has 0 saturated carbocycles. The van der Waals surface area contributed by atoms with Gasteiger partial charge in [0.1, 0.15) is 6.10 Å². The Morgan fingerprint density at radius 1 is 1.43 bits per heavy atom. The largest absolute Gasteiger partial charge is 0.388 e. The molecule has 1 heterocycles. The second-order valence-electron chi connectivity index (χ2n) is 5.36. The molecule has 0 atom stereocenters. The Bertz CT molecular complexity index is 503. The van der Waals surface area contributed by atoms with Gasteiger partial charge in [-0.1, -0.05) is 25.5 Å². The molecule has 1 saturated heterocycles. The van der Waals surface area contributed by atoms with E-state index in [1.807, 2.05) is 19.9 Å². The number of unbranched alkanes of at least 4 members (excludes halogenated alkanes) is 1. The van der Waals surface area contributed by atoms with Crippen LogP contribution in [-0.4, -0.2) is 29.3 Å². The van der Waals surface area contributed by atoms with Gasteiger partial charge in [0.05, 0.1) is 23.7 Å². The maximum absolute atomic E-state index is 11.3. The summed E-state index contributed by atoms with van der Waals surface area (Å²) in [4.78, 5) is 10.9. The summed E-state index contributed by atoms with van der Waals surface area (Å²) in [6.45, 7) is 4.09. The Hall–Kier alpha value is -1.50. The van der Waals surface area contributed by atoms with Crippen molar-refractivity contribution >= 4 is 5.69 Å². The van der Waals surface area contributed by atoms with Gasteiger partial charge in [-0.3, -0.25) is 10.1 Å². The molecule has 2 rings (SSSR count). The van der Waals surface area contributed by atoms with E-state index in [2.05, 4.69) is 0 Å². The van der Waals surface area contributed by atoms with Crippen molar-refractivity contribution in [2.75, 3.05) is 13.2 Å². The van der Waals surface area contributed by atoms with Gasteiger partial charge in [-0.05, 0) is 18.9 Å². The summed E-state index contributed by atoms with van der Waals surface area (Å²) in [5.74, 6) is -1.14. The van der Waals surface area contributed by atoms with Crippen molar-refractivity contribution in [3.05, 3.63) is 39.4 Å². The Morgan fingerprint density at radius 2 is 2.10 bits per heavy atom. The van der Waals surface area contributed by atoms with Crippen LogP contribution in [0.25, 0.3) is 0 Å². The first-order valence-electron chi connectivity index (χ1n) is 7.20. The average Bonchev–Trinajstić information content (AvgIpc) is 2.47. The summed E-state index contributed by atoms with van der Waals surface area (Å²) in [5.41, 5.74) is 1.23. The highest BCUT2D eigenvalue weighted by atomic mass is 16.7. The Labute approximate surface area is 123 Å². The molecule has 1 aliphatic rings. The van der Waals surface area contributed by atoms with Gasteiger partial charge >= 0.3 is 0 Å². The van der Waals surface area contributed by atoms with Gasteiger partial charge in [0.25, 0.3) is 5.69 Å². The van der Waals surface area contributed by atoms with Crippen molar-refractivity contribution < 1.29 is 19.5 Å². The molecular weight excluding hydrogens is 274 g/mol. The molecule has 0 aliphatic carbocycles. The quantitative estimate of drug-likeness (QED) is 0.667. The van der Waals surface area contributed by atoms with Crippen LogP contribution in [0, 0.1) is 17.0 Å². The maximum Gasteiger partial charge on any atom is 0.278 e. The minimum absolute atomic E-state index is 0.00231. The summed E-state index contributed by atoms with van der Waals surface area (Å²) >= 11 is 0. The Kier molecular flexibility index (Phi) is 4.92. The first kappa shape index (κ1) is 15.9. The van der Waals surface area contributed by atoms with E-state index >= 15 is 0 Å². The molecule has 1 fully saturated rings. The van der Waals surface area contributed by atoms with Crippen LogP contribution in [0.5, 0.6) is 0 Å². The van der Waals surface area contributed by atoms with Crippen LogP contribution in [0.1, 0.15) is 37.3 Å². The fraction of sp³-hybridized carbons (Fsp3) is 0.600. The van der Waals surface area contributed by atoms with E-state index < -0.39 is 16.8 Å². The molecule has 1 aromatic rings. The molecule has 0 unspecified atom stereocenters. The molecule has 1 aromatic carbocycles. The summed E-state index contributed by atoms with van der Waals surface area (Å²) in [7, 11) is 0. The Balaban J connectivity index is 2.48. The first-order valence-corrected chi connectivity index (χ1v) is 7.20. The number of nitro benzene ring substituents is 1. The van der Waals surface area contributed by atoms with Gasteiger partial charge in [-0.15, -0.1) is 0 Å². The van der Waals surface area contributed by atoms with Crippen molar-refractivity contribution in [3.8, 4) is 0 Å². The molecule has 0 radical (unpaired) electrons. The van der Waals surface area contributed by atoms with Crippen LogP contribution in [0.2, 0.25) is 0 Å². The molecule has 6 heteroatoms. The van der Waals surface area contributed by atoms with E-state index in [0.29, 0.717) is 12.0 Å². The second-order valence-corrected chi connectivity index (χ2v) is 5.36. The molecule has 0 amide bonds. The van der Waals surface area contributed by atoms with Crippen LogP contribution < -0.4 is 0 Å². The average molecular weight is 295 g/mol. The van der Waals surface area contributed by atoms with Gasteiger partial charge in [0.15, 0.2) is 0 Å². The summed E-state index contributed by atoms with van der Waals surface area (Å²) in [5, 5.41) is 20.9. The lowest BCUT2D eigenvalue weighted by molar-refractivity contribution is -0.391. The lowest BCUT2D eigenvalue weighted by Crippen LogP contribution is -2.45. The molecular formula is C15H21NO5. The molecule has 21 heavy (non-hydrogen) atoms. The highest BCUT2D eigenvalue weighted by molar-refractivity contribution is 5.48. The van der Waals surface area contributed by atoms with Crippen LogP contribution in [0.3, 0.4) is 0 Å². The molecule has 0 bridgehead atoms. The van der Waals surface area contributed by atoms with Crippen LogP contribution in [0.4, 0.5) is 5.69 Å². The number of hydrogen-bond donors (Lipinski definition) is 1. The van der Waals surface area contributed by atoms with E-state index in [1.54, 1.807) is 6.07 Å². The number of aliphatic hydroxyl groups is 1. The number of nitrogens with zero attached hydrogens (tertiary/aromatic N) is 1. The predicted octanol–water partition coefficient (Wildman–Crippen LogP) is 2.65. The van der Waals surface area contributed by atoms with E-state index in [1.165, 1.54) is 6.07 Å². The van der Waals surface area contributed by atoms with Crippen molar-refractivity contribution in [1.29, 1.82) is 0 Å². The molecule has 116 valence electrons. The van der Waals surface area contributed by atoms with E-state index in [4.69, 9.17) is 9.47 Å². The Morgan fingerprint density at radius 3 is 2.67 bits per heavy atom. The lowest BCUT2D eigenvalue weighted by Gasteiger charge is -2.39. The van der Waals surface area contributed by atoms with E-state index in [9.17, 15) is 15.2 Å². The number of nitro groups is 1. The maximum atomic E-state index is 11.3. The first-order chi connectivity index (χ1) is 10.00. The SMILES string of the molecule is CCCCC1(c2c(C)cccc2[N+](=O)[O-])OCC(O)CO1. The van der Waals surface area contributed by atoms with Crippen LogP contribution >= 0.6 is 0 Å². The number of rotatable bonds is 5. The summed E-state index contributed by atoms with van der Waals surface area (Å²) in [6, 6.07) is 4.93. The van der Waals surface area contributed by atoms with Crippen molar-refractivity contribution in [1.82, 2.24) is 0 Å². The van der Waals surface area contributed by atoms with Gasteiger partial charge in [-0.25, -0.2) is 0 Å². The number of hydrogen-bond acceptors (Lipinski definition) is 5. The highest BCUT2D eigenvalue weighted by Crippen LogP contribution is 2.42. The topological polar surface area (TPSA) is 81.8 Å². The summed E-state index contributed by atoms with van der Waals surface area (Å²) < 4.78 is 11.5. The monoisotopic (exact) mass is 295 g/mol. The zero-order chi connectivity index (χ0) is 15.5. The number of aliphatic hydroxyl groups excluding tert-OH is 1.